The van der Waals surface area contributed by atoms with Crippen molar-refractivity contribution in [2.75, 3.05) is 6.54 Å². The van der Waals surface area contributed by atoms with Crippen molar-refractivity contribution in [1.82, 2.24) is 4.90 Å². The van der Waals surface area contributed by atoms with Crippen molar-refractivity contribution in [2.45, 2.75) is 31.2 Å². The molecule has 88 valence electrons. The molecule has 4 nitrogen and oxygen atoms in total. The zero-order valence-corrected chi connectivity index (χ0v) is 9.50. The van der Waals surface area contributed by atoms with Crippen molar-refractivity contribution >= 4 is 0 Å². The summed E-state index contributed by atoms with van der Waals surface area (Å²) in [5.41, 5.74) is 9.18. The van der Waals surface area contributed by atoms with Gasteiger partial charge in [0.05, 0.1) is 17.7 Å². The Balaban J connectivity index is 2.00. The van der Waals surface area contributed by atoms with Gasteiger partial charge in [0.2, 0.25) is 0 Å². The maximum atomic E-state index is 9.71. The van der Waals surface area contributed by atoms with Crippen molar-refractivity contribution in [3.05, 3.63) is 34.9 Å². The predicted octanol–water partition coefficient (Wildman–Crippen LogP) is 0.507. The van der Waals surface area contributed by atoms with Gasteiger partial charge in [-0.15, -0.1) is 0 Å². The number of fused-ring (bicyclic) bond motifs is 2. The summed E-state index contributed by atoms with van der Waals surface area (Å²) in [7, 11) is 0. The minimum atomic E-state index is -0.268. The van der Waals surface area contributed by atoms with E-state index in [2.05, 4.69) is 11.0 Å². The number of hydrogen-bond donors (Lipinski definition) is 2. The lowest BCUT2D eigenvalue weighted by Crippen LogP contribution is -2.42. The van der Waals surface area contributed by atoms with E-state index in [1.54, 1.807) is 0 Å². The summed E-state index contributed by atoms with van der Waals surface area (Å²) in [6, 6.07) is 8.03. The van der Waals surface area contributed by atoms with Crippen molar-refractivity contribution in [2.24, 2.45) is 5.73 Å². The van der Waals surface area contributed by atoms with Gasteiger partial charge < -0.3 is 10.8 Å². The van der Waals surface area contributed by atoms with Crippen LogP contribution in [-0.4, -0.2) is 28.7 Å². The number of nitrogens with zero attached hydrogens (tertiary/aromatic N) is 2. The summed E-state index contributed by atoms with van der Waals surface area (Å²) < 4.78 is 0. The Morgan fingerprint density at radius 3 is 3.06 bits per heavy atom. The maximum Gasteiger partial charge on any atom is 0.0991 e. The summed E-state index contributed by atoms with van der Waals surface area (Å²) in [5, 5.41) is 18.6. The second kappa shape index (κ2) is 3.81. The van der Waals surface area contributed by atoms with Crippen molar-refractivity contribution < 1.29 is 5.11 Å². The number of benzene rings is 1. The monoisotopic (exact) mass is 229 g/mol. The lowest BCUT2D eigenvalue weighted by molar-refractivity contribution is 0.166. The number of nitrogens with two attached hydrogens (primary N) is 1. The first kappa shape index (κ1) is 10.7. The molecule has 0 radical (unpaired) electrons. The number of aliphatic hydroxyl groups excluding tert-OH is 1. The number of aliphatic hydroxyl groups is 1. The Kier molecular flexibility index (Phi) is 2.40. The van der Waals surface area contributed by atoms with E-state index in [9.17, 15) is 5.11 Å². The van der Waals surface area contributed by atoms with Crippen LogP contribution in [0.1, 0.15) is 29.2 Å². The lowest BCUT2D eigenvalue weighted by atomic mass is 9.89. The summed E-state index contributed by atoms with van der Waals surface area (Å²) in [5.74, 6) is 0. The summed E-state index contributed by atoms with van der Waals surface area (Å²) in [4.78, 5) is 2.22. The van der Waals surface area contributed by atoms with E-state index in [0.717, 1.165) is 24.1 Å². The van der Waals surface area contributed by atoms with Crippen LogP contribution in [0.4, 0.5) is 0 Å². The van der Waals surface area contributed by atoms with E-state index in [1.165, 1.54) is 0 Å². The third-order valence-corrected chi connectivity index (χ3v) is 3.85. The topological polar surface area (TPSA) is 73.3 Å². The molecule has 0 aromatic heterocycles. The van der Waals surface area contributed by atoms with Crippen LogP contribution in [0.25, 0.3) is 0 Å². The smallest absolute Gasteiger partial charge is 0.0991 e. The molecule has 3 N–H and O–H groups in total. The maximum absolute atomic E-state index is 9.71. The summed E-state index contributed by atoms with van der Waals surface area (Å²) in [6.45, 7) is 1.48. The van der Waals surface area contributed by atoms with Crippen LogP contribution in [0.3, 0.4) is 0 Å². The Morgan fingerprint density at radius 1 is 1.47 bits per heavy atom. The molecule has 17 heavy (non-hydrogen) atoms. The standard InChI is InChI=1S/C13H15N3O/c14-5-8-1-2-11-9(3-8)6-16-7-10(17)4-12(16)13(11)15/h1-3,10,12-13,17H,4,6-7,15H2. The molecule has 1 aromatic rings. The second-order valence-electron chi connectivity index (χ2n) is 4.94. The highest BCUT2D eigenvalue weighted by atomic mass is 16.3. The van der Waals surface area contributed by atoms with Crippen LogP contribution >= 0.6 is 0 Å². The minimum absolute atomic E-state index is 0.0522. The molecule has 0 spiro atoms. The molecule has 0 saturated carbocycles. The first-order valence-corrected chi connectivity index (χ1v) is 5.89. The van der Waals surface area contributed by atoms with Crippen molar-refractivity contribution in [3.63, 3.8) is 0 Å². The molecule has 0 bridgehead atoms. The van der Waals surface area contributed by atoms with Gasteiger partial charge in [0, 0.05) is 25.2 Å². The van der Waals surface area contributed by atoms with Gasteiger partial charge in [-0.1, -0.05) is 6.07 Å². The SMILES string of the molecule is N#Cc1ccc2c(c1)CN1CC(O)CC1C2N. The molecule has 0 aliphatic carbocycles. The zero-order chi connectivity index (χ0) is 12.0. The minimum Gasteiger partial charge on any atom is -0.392 e. The van der Waals surface area contributed by atoms with Gasteiger partial charge in [-0.3, -0.25) is 4.90 Å². The molecule has 2 aliphatic rings. The third-order valence-electron chi connectivity index (χ3n) is 3.85. The Bertz CT molecular complexity index is 494. The molecule has 0 amide bonds. The lowest BCUT2D eigenvalue weighted by Gasteiger charge is -2.36. The first-order chi connectivity index (χ1) is 8.19. The van der Waals surface area contributed by atoms with Gasteiger partial charge in [0.1, 0.15) is 0 Å². The van der Waals surface area contributed by atoms with Crippen LogP contribution in [0.2, 0.25) is 0 Å². The molecule has 3 atom stereocenters. The average molecular weight is 229 g/mol. The molecule has 2 aliphatic heterocycles. The van der Waals surface area contributed by atoms with Crippen molar-refractivity contribution in [1.29, 1.82) is 5.26 Å². The largest absolute Gasteiger partial charge is 0.392 e. The van der Waals surface area contributed by atoms with Gasteiger partial charge >= 0.3 is 0 Å². The van der Waals surface area contributed by atoms with Gasteiger partial charge in [-0.05, 0) is 29.7 Å². The molecular formula is C13H15N3O. The van der Waals surface area contributed by atoms with E-state index >= 15 is 0 Å². The number of nitriles is 1. The van der Waals surface area contributed by atoms with Crippen molar-refractivity contribution in [3.8, 4) is 6.07 Å². The normalized spacial score (nSPS) is 31.7. The highest BCUT2D eigenvalue weighted by Crippen LogP contribution is 2.36. The van der Waals surface area contributed by atoms with Gasteiger partial charge in [-0.2, -0.15) is 5.26 Å². The molecule has 2 heterocycles. The molecular weight excluding hydrogens is 214 g/mol. The average Bonchev–Trinajstić information content (AvgIpc) is 2.69. The van der Waals surface area contributed by atoms with Crippen LogP contribution in [0, 0.1) is 11.3 Å². The quantitative estimate of drug-likeness (QED) is 0.679. The van der Waals surface area contributed by atoms with Gasteiger partial charge in [-0.25, -0.2) is 0 Å². The molecule has 4 heteroatoms. The van der Waals surface area contributed by atoms with Gasteiger partial charge in [0.25, 0.3) is 0 Å². The number of hydrogen-bond acceptors (Lipinski definition) is 4. The van der Waals surface area contributed by atoms with E-state index in [4.69, 9.17) is 11.0 Å². The summed E-state index contributed by atoms with van der Waals surface area (Å²) >= 11 is 0. The number of rotatable bonds is 0. The molecule has 1 fully saturated rings. The molecule has 1 saturated heterocycles. The zero-order valence-electron chi connectivity index (χ0n) is 9.50. The van der Waals surface area contributed by atoms with E-state index in [-0.39, 0.29) is 18.2 Å². The fourth-order valence-electron chi connectivity index (χ4n) is 3.03. The van der Waals surface area contributed by atoms with Crippen LogP contribution in [0.15, 0.2) is 18.2 Å². The van der Waals surface area contributed by atoms with Crippen LogP contribution < -0.4 is 5.73 Å². The van der Waals surface area contributed by atoms with E-state index < -0.39 is 0 Å². The fourth-order valence-corrected chi connectivity index (χ4v) is 3.03. The highest BCUT2D eigenvalue weighted by Gasteiger charge is 2.39. The van der Waals surface area contributed by atoms with Crippen LogP contribution in [-0.2, 0) is 6.54 Å². The Morgan fingerprint density at radius 2 is 2.29 bits per heavy atom. The predicted molar refractivity (Wildman–Crippen MR) is 62.9 cm³/mol. The van der Waals surface area contributed by atoms with Gasteiger partial charge in [0.15, 0.2) is 0 Å². The van der Waals surface area contributed by atoms with E-state index in [1.807, 2.05) is 18.2 Å². The first-order valence-electron chi connectivity index (χ1n) is 5.89. The highest BCUT2D eigenvalue weighted by molar-refractivity contribution is 5.41. The van der Waals surface area contributed by atoms with E-state index in [0.29, 0.717) is 12.1 Å². The third kappa shape index (κ3) is 1.64. The fraction of sp³-hybridized carbons (Fsp3) is 0.462. The molecule has 3 unspecified atom stereocenters. The Hall–Kier alpha value is -1.41. The second-order valence-corrected chi connectivity index (χ2v) is 4.94. The van der Waals surface area contributed by atoms with Crippen LogP contribution in [0.5, 0.6) is 0 Å². The molecule has 1 aromatic carbocycles. The molecule has 3 rings (SSSR count). The Labute approximate surface area is 100 Å². The summed E-state index contributed by atoms with van der Waals surface area (Å²) in [6.07, 6.45) is 0.483.